The standard InChI is InChI=1S/C21H25FN2O3S/c1-2-16-9-5-6-10-20(16)23-21(25)18-15-17(11-12-19(18)22)28(26,27)24-13-7-3-4-8-14-24/h5-6,9-12,15H,2-4,7-8,13-14H2,1H3,(H,23,25). The van der Waals surface area contributed by atoms with Gasteiger partial charge in [0.2, 0.25) is 10.0 Å². The summed E-state index contributed by atoms with van der Waals surface area (Å²) in [5.41, 5.74) is 1.24. The maximum Gasteiger partial charge on any atom is 0.258 e. The van der Waals surface area contributed by atoms with Gasteiger partial charge >= 0.3 is 0 Å². The summed E-state index contributed by atoms with van der Waals surface area (Å²) >= 11 is 0. The molecular formula is C21H25FN2O3S. The van der Waals surface area contributed by atoms with Crippen molar-refractivity contribution in [2.45, 2.75) is 43.9 Å². The van der Waals surface area contributed by atoms with Crippen LogP contribution in [0.25, 0.3) is 0 Å². The van der Waals surface area contributed by atoms with Crippen LogP contribution in [0.15, 0.2) is 47.4 Å². The zero-order chi connectivity index (χ0) is 20.1. The van der Waals surface area contributed by atoms with Crippen molar-refractivity contribution in [3.8, 4) is 0 Å². The van der Waals surface area contributed by atoms with E-state index in [4.69, 9.17) is 0 Å². The van der Waals surface area contributed by atoms with Crippen LogP contribution in [-0.4, -0.2) is 31.7 Å². The van der Waals surface area contributed by atoms with Crippen molar-refractivity contribution in [3.05, 3.63) is 59.4 Å². The second-order valence-corrected chi connectivity index (χ2v) is 8.86. The number of carbonyl (C=O) groups is 1. The van der Waals surface area contributed by atoms with E-state index in [1.54, 1.807) is 12.1 Å². The third-order valence-corrected chi connectivity index (χ3v) is 6.93. The Morgan fingerprint density at radius 3 is 2.43 bits per heavy atom. The quantitative estimate of drug-likeness (QED) is 0.812. The van der Waals surface area contributed by atoms with E-state index in [0.717, 1.165) is 43.4 Å². The van der Waals surface area contributed by atoms with Gasteiger partial charge in [-0.15, -0.1) is 0 Å². The molecule has 1 saturated heterocycles. The number of halogens is 1. The largest absolute Gasteiger partial charge is 0.322 e. The van der Waals surface area contributed by atoms with Crippen LogP contribution in [-0.2, 0) is 16.4 Å². The molecule has 3 rings (SSSR count). The van der Waals surface area contributed by atoms with Gasteiger partial charge in [-0.25, -0.2) is 12.8 Å². The van der Waals surface area contributed by atoms with Crippen LogP contribution in [0.5, 0.6) is 0 Å². The van der Waals surface area contributed by atoms with Gasteiger partial charge in [-0.3, -0.25) is 4.79 Å². The molecule has 0 saturated carbocycles. The predicted molar refractivity (Wildman–Crippen MR) is 107 cm³/mol. The van der Waals surface area contributed by atoms with Crippen molar-refractivity contribution in [2.75, 3.05) is 18.4 Å². The lowest BCUT2D eigenvalue weighted by molar-refractivity contribution is 0.102. The minimum atomic E-state index is -3.76. The first-order valence-electron chi connectivity index (χ1n) is 9.62. The summed E-state index contributed by atoms with van der Waals surface area (Å²) in [6.07, 6.45) is 4.32. The van der Waals surface area contributed by atoms with E-state index < -0.39 is 21.7 Å². The highest BCUT2D eigenvalue weighted by molar-refractivity contribution is 7.89. The van der Waals surface area contributed by atoms with Crippen molar-refractivity contribution in [2.24, 2.45) is 0 Å². The molecule has 28 heavy (non-hydrogen) atoms. The fourth-order valence-electron chi connectivity index (χ4n) is 3.41. The van der Waals surface area contributed by atoms with Crippen molar-refractivity contribution < 1.29 is 17.6 Å². The van der Waals surface area contributed by atoms with Gasteiger partial charge < -0.3 is 5.32 Å². The van der Waals surface area contributed by atoms with Crippen LogP contribution in [0, 0.1) is 5.82 Å². The summed E-state index contributed by atoms with van der Waals surface area (Å²) < 4.78 is 41.7. The second kappa shape index (κ2) is 8.84. The fourth-order valence-corrected chi connectivity index (χ4v) is 4.95. The SMILES string of the molecule is CCc1ccccc1NC(=O)c1cc(S(=O)(=O)N2CCCCCC2)ccc1F. The highest BCUT2D eigenvalue weighted by atomic mass is 32.2. The van der Waals surface area contributed by atoms with E-state index in [2.05, 4.69) is 5.32 Å². The molecule has 1 N–H and O–H groups in total. The molecule has 1 amide bonds. The maximum atomic E-state index is 14.3. The van der Waals surface area contributed by atoms with Crippen molar-refractivity contribution in [1.82, 2.24) is 4.31 Å². The van der Waals surface area contributed by atoms with Crippen LogP contribution >= 0.6 is 0 Å². The molecular weight excluding hydrogens is 379 g/mol. The number of amides is 1. The molecule has 0 spiro atoms. The maximum absolute atomic E-state index is 14.3. The lowest BCUT2D eigenvalue weighted by Gasteiger charge is -2.20. The average Bonchev–Trinajstić information content (AvgIpc) is 2.98. The molecule has 5 nitrogen and oxygen atoms in total. The van der Waals surface area contributed by atoms with Gasteiger partial charge in [0, 0.05) is 18.8 Å². The number of nitrogens with zero attached hydrogens (tertiary/aromatic N) is 1. The van der Waals surface area contributed by atoms with E-state index in [-0.39, 0.29) is 10.5 Å². The van der Waals surface area contributed by atoms with E-state index in [9.17, 15) is 17.6 Å². The third-order valence-electron chi connectivity index (χ3n) is 5.03. The molecule has 0 unspecified atom stereocenters. The van der Waals surface area contributed by atoms with Gasteiger partial charge in [0.1, 0.15) is 5.82 Å². The molecule has 0 aliphatic carbocycles. The highest BCUT2D eigenvalue weighted by Crippen LogP contribution is 2.24. The molecule has 0 aromatic heterocycles. The Hall–Kier alpha value is -2.25. The highest BCUT2D eigenvalue weighted by Gasteiger charge is 2.27. The fraction of sp³-hybridized carbons (Fsp3) is 0.381. The minimum absolute atomic E-state index is 0.0512. The summed E-state index contributed by atoms with van der Waals surface area (Å²) in [6.45, 7) is 2.86. The molecule has 2 aromatic rings. The topological polar surface area (TPSA) is 66.5 Å². The number of benzene rings is 2. The lowest BCUT2D eigenvalue weighted by atomic mass is 10.1. The van der Waals surface area contributed by atoms with E-state index in [1.807, 2.05) is 19.1 Å². The first-order chi connectivity index (χ1) is 13.4. The number of nitrogens with one attached hydrogen (secondary N) is 1. The monoisotopic (exact) mass is 404 g/mol. The third kappa shape index (κ3) is 4.42. The van der Waals surface area contributed by atoms with Crippen LogP contribution < -0.4 is 5.32 Å². The van der Waals surface area contributed by atoms with E-state index >= 15 is 0 Å². The van der Waals surface area contributed by atoms with E-state index in [1.165, 1.54) is 10.4 Å². The molecule has 1 aliphatic rings. The Labute approximate surface area is 165 Å². The van der Waals surface area contributed by atoms with Gasteiger partial charge in [0.15, 0.2) is 0 Å². The Bertz CT molecular complexity index is 952. The van der Waals surface area contributed by atoms with Gasteiger partial charge in [-0.05, 0) is 49.1 Å². The summed E-state index contributed by atoms with van der Waals surface area (Å²) in [6, 6.07) is 10.7. The Morgan fingerprint density at radius 2 is 1.75 bits per heavy atom. The molecule has 150 valence electrons. The summed E-state index contributed by atoms with van der Waals surface area (Å²) in [5.74, 6) is -1.41. The lowest BCUT2D eigenvalue weighted by Crippen LogP contribution is -2.32. The van der Waals surface area contributed by atoms with Gasteiger partial charge in [0.25, 0.3) is 5.91 Å². The normalized spacial score (nSPS) is 15.8. The number of sulfonamides is 1. The molecule has 0 radical (unpaired) electrons. The Kier molecular flexibility index (Phi) is 6.46. The van der Waals surface area contributed by atoms with Crippen LogP contribution in [0.1, 0.15) is 48.5 Å². The van der Waals surface area contributed by atoms with Gasteiger partial charge in [0.05, 0.1) is 10.5 Å². The molecule has 7 heteroatoms. The van der Waals surface area contributed by atoms with Crippen LogP contribution in [0.3, 0.4) is 0 Å². The predicted octanol–water partition coefficient (Wildman–Crippen LogP) is 4.21. The molecule has 0 bridgehead atoms. The number of rotatable bonds is 5. The number of anilines is 1. The molecule has 1 fully saturated rings. The molecule has 1 heterocycles. The smallest absolute Gasteiger partial charge is 0.258 e. The minimum Gasteiger partial charge on any atom is -0.322 e. The van der Waals surface area contributed by atoms with Crippen LogP contribution in [0.2, 0.25) is 0 Å². The van der Waals surface area contributed by atoms with Gasteiger partial charge in [-0.1, -0.05) is 38.0 Å². The summed E-state index contributed by atoms with van der Waals surface area (Å²) in [4.78, 5) is 12.6. The first-order valence-corrected chi connectivity index (χ1v) is 11.1. The number of hydrogen-bond acceptors (Lipinski definition) is 3. The second-order valence-electron chi connectivity index (χ2n) is 6.92. The Balaban J connectivity index is 1.89. The van der Waals surface area contributed by atoms with Crippen LogP contribution in [0.4, 0.5) is 10.1 Å². The molecule has 2 aromatic carbocycles. The Morgan fingerprint density at radius 1 is 1.07 bits per heavy atom. The first kappa shape index (κ1) is 20.5. The van der Waals surface area contributed by atoms with Gasteiger partial charge in [-0.2, -0.15) is 4.31 Å². The van der Waals surface area contributed by atoms with Crippen molar-refractivity contribution in [3.63, 3.8) is 0 Å². The molecule has 0 atom stereocenters. The van der Waals surface area contributed by atoms with Crippen molar-refractivity contribution in [1.29, 1.82) is 0 Å². The summed E-state index contributed by atoms with van der Waals surface area (Å²) in [5, 5.41) is 2.70. The zero-order valence-electron chi connectivity index (χ0n) is 15.9. The summed E-state index contributed by atoms with van der Waals surface area (Å²) in [7, 11) is -3.76. The number of carbonyl (C=O) groups excluding carboxylic acids is 1. The molecule has 1 aliphatic heterocycles. The number of hydrogen-bond donors (Lipinski definition) is 1. The number of aryl methyl sites for hydroxylation is 1. The van der Waals surface area contributed by atoms with E-state index in [0.29, 0.717) is 25.2 Å². The average molecular weight is 405 g/mol. The number of para-hydroxylation sites is 1. The van der Waals surface area contributed by atoms with Crippen molar-refractivity contribution >= 4 is 21.6 Å². The zero-order valence-corrected chi connectivity index (χ0v) is 16.8.